The molecule has 2 aromatic heterocycles. The van der Waals surface area contributed by atoms with Crippen LogP contribution in [0.5, 0.6) is 0 Å². The van der Waals surface area contributed by atoms with Crippen LogP contribution in [0.3, 0.4) is 0 Å². The van der Waals surface area contributed by atoms with E-state index in [4.69, 9.17) is 0 Å². The summed E-state index contributed by atoms with van der Waals surface area (Å²) in [6, 6.07) is 6.61. The number of hydrogen-bond acceptors (Lipinski definition) is 2. The van der Waals surface area contributed by atoms with Gasteiger partial charge in [0.15, 0.2) is 5.65 Å². The van der Waals surface area contributed by atoms with Gasteiger partial charge in [-0.3, -0.25) is 0 Å². The van der Waals surface area contributed by atoms with Crippen LogP contribution in [0.15, 0.2) is 18.3 Å². The fraction of sp³-hybridized carbons (Fsp3) is 0.143. The first-order valence-electron chi connectivity index (χ1n) is 3.05. The fourth-order valence-electron chi connectivity index (χ4n) is 0.891. The van der Waals surface area contributed by atoms with Gasteiger partial charge in [-0.15, -0.1) is 0 Å². The van der Waals surface area contributed by atoms with Crippen LogP contribution in [0.1, 0.15) is 5.82 Å². The summed E-state index contributed by atoms with van der Waals surface area (Å²) in [5.74, 6) is 0.791. The van der Waals surface area contributed by atoms with Crippen LogP contribution < -0.4 is 0 Å². The highest BCUT2D eigenvalue weighted by Crippen LogP contribution is 1.97. The van der Waals surface area contributed by atoms with Crippen molar-refractivity contribution < 1.29 is 0 Å². The molecule has 0 spiro atoms. The molecule has 0 atom stereocenters. The predicted octanol–water partition coefficient (Wildman–Crippen LogP) is 0.838. The minimum atomic E-state index is 0.791. The van der Waals surface area contributed by atoms with Gasteiger partial charge in [0.2, 0.25) is 0 Å². The van der Waals surface area contributed by atoms with Gasteiger partial charge in [-0.1, -0.05) is 0 Å². The first kappa shape index (κ1) is 5.41. The largest absolute Gasteiger partial charge is 0.220 e. The van der Waals surface area contributed by atoms with E-state index in [2.05, 4.69) is 16.1 Å². The van der Waals surface area contributed by atoms with Crippen molar-refractivity contribution >= 4 is 5.65 Å². The maximum atomic E-state index is 4.14. The van der Waals surface area contributed by atoms with E-state index < -0.39 is 0 Å². The van der Waals surface area contributed by atoms with E-state index in [9.17, 15) is 0 Å². The molecule has 0 aromatic carbocycles. The Kier molecular flexibility index (Phi) is 0.974. The van der Waals surface area contributed by atoms with E-state index in [1.807, 2.05) is 19.1 Å². The van der Waals surface area contributed by atoms with Gasteiger partial charge in [-0.25, -0.2) is 9.50 Å². The zero-order valence-corrected chi connectivity index (χ0v) is 5.57. The fourth-order valence-corrected chi connectivity index (χ4v) is 0.891. The second-order valence-corrected chi connectivity index (χ2v) is 2.09. The molecule has 0 aliphatic carbocycles. The SMILES string of the molecule is Cc1nc2cc[c]cn2n1. The summed E-state index contributed by atoms with van der Waals surface area (Å²) in [6.45, 7) is 1.87. The molecule has 0 fully saturated rings. The van der Waals surface area contributed by atoms with Gasteiger partial charge in [-0.05, 0) is 19.1 Å². The lowest BCUT2D eigenvalue weighted by molar-refractivity contribution is 0.929. The Morgan fingerprint density at radius 1 is 1.60 bits per heavy atom. The van der Waals surface area contributed by atoms with Crippen LogP contribution in [0, 0.1) is 13.0 Å². The number of fused-ring (bicyclic) bond motifs is 1. The first-order chi connectivity index (χ1) is 4.86. The van der Waals surface area contributed by atoms with Crippen molar-refractivity contribution in [3.8, 4) is 0 Å². The summed E-state index contributed by atoms with van der Waals surface area (Å²) in [5, 5.41) is 4.09. The summed E-state index contributed by atoms with van der Waals surface area (Å²) < 4.78 is 1.70. The molecule has 0 saturated carbocycles. The van der Waals surface area contributed by atoms with Gasteiger partial charge < -0.3 is 0 Å². The van der Waals surface area contributed by atoms with E-state index in [-0.39, 0.29) is 0 Å². The van der Waals surface area contributed by atoms with E-state index in [1.165, 1.54) is 0 Å². The second kappa shape index (κ2) is 1.80. The summed E-state index contributed by atoms with van der Waals surface area (Å²) in [4.78, 5) is 4.14. The molecule has 49 valence electrons. The number of rotatable bonds is 0. The highest BCUT2D eigenvalue weighted by atomic mass is 15.3. The second-order valence-electron chi connectivity index (χ2n) is 2.09. The predicted molar refractivity (Wildman–Crippen MR) is 36.6 cm³/mol. The van der Waals surface area contributed by atoms with Gasteiger partial charge in [0, 0.05) is 12.3 Å². The zero-order valence-electron chi connectivity index (χ0n) is 5.57. The molecule has 0 saturated heterocycles. The lowest BCUT2D eigenvalue weighted by Gasteiger charge is -1.84. The number of nitrogens with zero attached hydrogens (tertiary/aromatic N) is 3. The van der Waals surface area contributed by atoms with Crippen molar-refractivity contribution in [1.29, 1.82) is 0 Å². The molecule has 2 heterocycles. The molecule has 0 unspecified atom stereocenters. The molecule has 10 heavy (non-hydrogen) atoms. The molecule has 0 N–H and O–H groups in total. The van der Waals surface area contributed by atoms with Crippen LogP contribution >= 0.6 is 0 Å². The third kappa shape index (κ3) is 0.673. The van der Waals surface area contributed by atoms with Crippen LogP contribution in [-0.2, 0) is 0 Å². The number of aromatic nitrogens is 3. The Morgan fingerprint density at radius 2 is 2.50 bits per heavy atom. The number of hydrogen-bond donors (Lipinski definition) is 0. The standard InChI is InChI=1S/C7H6N3/c1-6-8-7-4-2-3-5-10(7)9-6/h2,4-5H,1H3. The average Bonchev–Trinajstić information content (AvgIpc) is 2.27. The Hall–Kier alpha value is -1.38. The maximum Gasteiger partial charge on any atom is 0.155 e. The Bertz CT molecular complexity index is 317. The molecule has 2 aromatic rings. The van der Waals surface area contributed by atoms with Crippen molar-refractivity contribution in [2.45, 2.75) is 6.92 Å². The molecular weight excluding hydrogens is 126 g/mol. The van der Waals surface area contributed by atoms with E-state index in [0.717, 1.165) is 11.5 Å². The van der Waals surface area contributed by atoms with Gasteiger partial charge in [0.25, 0.3) is 0 Å². The van der Waals surface area contributed by atoms with Gasteiger partial charge in [0.05, 0.1) is 0 Å². The van der Waals surface area contributed by atoms with Crippen molar-refractivity contribution in [3.05, 3.63) is 30.2 Å². The number of aryl methyl sites for hydroxylation is 1. The monoisotopic (exact) mass is 132 g/mol. The van der Waals surface area contributed by atoms with Crippen molar-refractivity contribution in [3.63, 3.8) is 0 Å². The quantitative estimate of drug-likeness (QED) is 0.531. The smallest absolute Gasteiger partial charge is 0.155 e. The molecular formula is C7H6N3. The molecule has 0 amide bonds. The summed E-state index contributed by atoms with van der Waals surface area (Å²) in [6.07, 6.45) is 1.76. The number of pyridine rings is 1. The van der Waals surface area contributed by atoms with Crippen LogP contribution in [0.4, 0.5) is 0 Å². The molecule has 0 aliphatic rings. The van der Waals surface area contributed by atoms with Crippen molar-refractivity contribution in [2.75, 3.05) is 0 Å². The molecule has 0 aliphatic heterocycles. The van der Waals surface area contributed by atoms with Crippen LogP contribution in [0.25, 0.3) is 5.65 Å². The minimum Gasteiger partial charge on any atom is -0.220 e. The summed E-state index contributed by atoms with van der Waals surface area (Å²) in [5.41, 5.74) is 0.872. The Labute approximate surface area is 58.3 Å². The van der Waals surface area contributed by atoms with E-state index in [1.54, 1.807) is 10.7 Å². The molecule has 0 bridgehead atoms. The summed E-state index contributed by atoms with van der Waals surface area (Å²) >= 11 is 0. The zero-order chi connectivity index (χ0) is 6.97. The molecule has 1 radical (unpaired) electrons. The van der Waals surface area contributed by atoms with Crippen LogP contribution in [0.2, 0.25) is 0 Å². The van der Waals surface area contributed by atoms with Crippen LogP contribution in [-0.4, -0.2) is 14.6 Å². The van der Waals surface area contributed by atoms with Gasteiger partial charge in [-0.2, -0.15) is 5.10 Å². The lowest BCUT2D eigenvalue weighted by atomic mass is 10.5. The lowest BCUT2D eigenvalue weighted by Crippen LogP contribution is -1.83. The highest BCUT2D eigenvalue weighted by molar-refractivity contribution is 5.35. The van der Waals surface area contributed by atoms with Crippen molar-refractivity contribution in [2.24, 2.45) is 0 Å². The molecule has 2 rings (SSSR count). The molecule has 3 heteroatoms. The van der Waals surface area contributed by atoms with Gasteiger partial charge >= 0.3 is 0 Å². The normalized spacial score (nSPS) is 10.5. The van der Waals surface area contributed by atoms with Gasteiger partial charge in [0.1, 0.15) is 5.82 Å². The van der Waals surface area contributed by atoms with E-state index in [0.29, 0.717) is 0 Å². The molecule has 3 nitrogen and oxygen atoms in total. The first-order valence-corrected chi connectivity index (χ1v) is 3.05. The average molecular weight is 132 g/mol. The topological polar surface area (TPSA) is 30.2 Å². The Balaban J connectivity index is 2.88. The highest BCUT2D eigenvalue weighted by Gasteiger charge is 1.94. The minimum absolute atomic E-state index is 0.791. The van der Waals surface area contributed by atoms with Crippen molar-refractivity contribution in [1.82, 2.24) is 14.6 Å². The maximum absolute atomic E-state index is 4.14. The third-order valence-electron chi connectivity index (χ3n) is 1.29. The Morgan fingerprint density at radius 3 is 3.30 bits per heavy atom. The third-order valence-corrected chi connectivity index (χ3v) is 1.29. The summed E-state index contributed by atoms with van der Waals surface area (Å²) in [7, 11) is 0. The van der Waals surface area contributed by atoms with E-state index >= 15 is 0 Å².